The van der Waals surface area contributed by atoms with Crippen molar-refractivity contribution in [1.82, 2.24) is 9.13 Å². The van der Waals surface area contributed by atoms with Gasteiger partial charge in [0.2, 0.25) is 11.8 Å². The molecule has 0 bridgehead atoms. The summed E-state index contributed by atoms with van der Waals surface area (Å²) in [7, 11) is 0. The van der Waals surface area contributed by atoms with Crippen LogP contribution in [-0.2, 0) is 24.2 Å². The van der Waals surface area contributed by atoms with Crippen molar-refractivity contribution in [1.29, 1.82) is 0 Å². The molecule has 0 spiro atoms. The third-order valence-corrected chi connectivity index (χ3v) is 6.04. The molecule has 1 aromatic heterocycles. The Labute approximate surface area is 210 Å². The van der Waals surface area contributed by atoms with Gasteiger partial charge < -0.3 is 19.7 Å². The molecule has 2 N–H and O–H groups in total. The Morgan fingerprint density at radius 1 is 0.971 bits per heavy atom. The number of rotatable bonds is 10. The number of aromatic hydroxyl groups is 1. The van der Waals surface area contributed by atoms with Crippen LogP contribution in [0.5, 0.6) is 11.6 Å². The van der Waals surface area contributed by atoms with E-state index in [4.69, 9.17) is 17.0 Å². The van der Waals surface area contributed by atoms with Crippen LogP contribution in [0.3, 0.4) is 0 Å². The molecule has 0 radical (unpaired) electrons. The number of carbonyl (C=O) groups is 1. The van der Waals surface area contributed by atoms with Gasteiger partial charge in [0.25, 0.3) is 0 Å². The Morgan fingerprint density at radius 3 is 2.29 bits per heavy atom. The molecule has 0 aliphatic rings. The first kappa shape index (κ1) is 24.3. The van der Waals surface area contributed by atoms with E-state index in [-0.39, 0.29) is 18.2 Å². The molecule has 1 amide bonds. The van der Waals surface area contributed by atoms with Crippen molar-refractivity contribution in [3.63, 3.8) is 0 Å². The second kappa shape index (κ2) is 11.5. The summed E-state index contributed by atoms with van der Waals surface area (Å²) in [6, 6.07) is 26.8. The number of para-hydroxylation sites is 1. The maximum absolute atomic E-state index is 13.0. The maximum atomic E-state index is 13.0. The summed E-state index contributed by atoms with van der Waals surface area (Å²) in [6.45, 7) is 3.24. The van der Waals surface area contributed by atoms with Crippen LogP contribution in [0.2, 0.25) is 0 Å². The fourth-order valence-electron chi connectivity index (χ4n) is 3.89. The van der Waals surface area contributed by atoms with E-state index in [1.165, 1.54) is 0 Å². The topological polar surface area (TPSA) is 68.4 Å². The summed E-state index contributed by atoms with van der Waals surface area (Å²) in [5.74, 6) is 0.501. The van der Waals surface area contributed by atoms with Crippen LogP contribution in [0, 0.1) is 4.77 Å². The van der Waals surface area contributed by atoms with Crippen LogP contribution >= 0.6 is 12.2 Å². The van der Waals surface area contributed by atoms with Gasteiger partial charge in [-0.3, -0.25) is 9.36 Å². The fraction of sp³-hybridized carbons (Fsp3) is 0.214. The molecule has 0 aliphatic carbocycles. The van der Waals surface area contributed by atoms with Crippen molar-refractivity contribution < 1.29 is 14.6 Å². The normalized spacial score (nSPS) is 10.8. The average Bonchev–Trinajstić information content (AvgIpc) is 3.11. The Balaban J connectivity index is 1.58. The number of nitrogens with one attached hydrogen (secondary N) is 1. The fourth-order valence-corrected chi connectivity index (χ4v) is 4.28. The summed E-state index contributed by atoms with van der Waals surface area (Å²) >= 11 is 5.75. The number of imidazole rings is 1. The second-order valence-electron chi connectivity index (χ2n) is 8.21. The number of aromatic nitrogens is 2. The number of carbonyl (C=O) groups excluding carboxylic acids is 1. The minimum atomic E-state index is -0.240. The Morgan fingerprint density at radius 2 is 1.63 bits per heavy atom. The van der Waals surface area contributed by atoms with E-state index in [2.05, 4.69) is 24.4 Å². The lowest BCUT2D eigenvalue weighted by molar-refractivity contribution is -0.115. The van der Waals surface area contributed by atoms with Crippen LogP contribution in [0.1, 0.15) is 24.6 Å². The van der Waals surface area contributed by atoms with Gasteiger partial charge in [-0.1, -0.05) is 55.5 Å². The summed E-state index contributed by atoms with van der Waals surface area (Å²) < 4.78 is 9.52. The highest BCUT2D eigenvalue weighted by atomic mass is 32.1. The predicted molar refractivity (Wildman–Crippen MR) is 141 cm³/mol. The van der Waals surface area contributed by atoms with Gasteiger partial charge in [0.05, 0.1) is 24.4 Å². The number of hydrogen-bond acceptors (Lipinski definition) is 4. The molecule has 1 heterocycles. The van der Waals surface area contributed by atoms with Crippen molar-refractivity contribution in [3.8, 4) is 17.3 Å². The molecule has 0 atom stereocenters. The number of anilines is 1. The molecule has 0 aliphatic heterocycles. The third-order valence-electron chi connectivity index (χ3n) is 5.64. The Kier molecular flexibility index (Phi) is 8.00. The molecular formula is C28H29N3O3S. The average molecular weight is 488 g/mol. The quantitative estimate of drug-likeness (QED) is 0.272. The van der Waals surface area contributed by atoms with Crippen LogP contribution in [0.4, 0.5) is 5.69 Å². The first-order chi connectivity index (χ1) is 17.1. The monoisotopic (exact) mass is 487 g/mol. The molecular weight excluding hydrogens is 458 g/mol. The number of benzene rings is 3. The standard InChI is InChI=1S/C28H29N3O3S/c1-2-19-34-24-15-13-22(14-16-24)29-26(32)20-25-27(33)31(23-11-7-4-8-12-23)28(35)30(25)18-17-21-9-5-3-6-10-21/h3-16,33H,2,17-20H2,1H3,(H,29,32). The minimum Gasteiger partial charge on any atom is -0.494 e. The summed E-state index contributed by atoms with van der Waals surface area (Å²) in [5.41, 5.74) is 3.05. The Bertz CT molecular complexity index is 1310. The number of nitrogens with zero attached hydrogens (tertiary/aromatic N) is 2. The van der Waals surface area contributed by atoms with E-state index in [0.717, 1.165) is 29.8 Å². The number of amides is 1. The van der Waals surface area contributed by atoms with E-state index in [1.807, 2.05) is 65.2 Å². The maximum Gasteiger partial charge on any atom is 0.230 e. The molecule has 0 unspecified atom stereocenters. The van der Waals surface area contributed by atoms with E-state index in [0.29, 0.717) is 29.3 Å². The smallest absolute Gasteiger partial charge is 0.230 e. The molecule has 6 nitrogen and oxygen atoms in total. The summed E-state index contributed by atoms with van der Waals surface area (Å²) in [6.07, 6.45) is 1.64. The molecule has 4 rings (SSSR count). The Hall–Kier alpha value is -3.84. The zero-order chi connectivity index (χ0) is 24.6. The number of hydrogen-bond donors (Lipinski definition) is 2. The van der Waals surface area contributed by atoms with E-state index in [9.17, 15) is 9.90 Å². The molecule has 0 saturated heterocycles. The lowest BCUT2D eigenvalue weighted by atomic mass is 10.1. The van der Waals surface area contributed by atoms with Crippen molar-refractivity contribution in [3.05, 3.63) is 101 Å². The van der Waals surface area contributed by atoms with Gasteiger partial charge in [0, 0.05) is 12.2 Å². The SMILES string of the molecule is CCCOc1ccc(NC(=O)Cc2c(O)n(-c3ccccc3)c(=S)n2CCc2ccccc2)cc1. The first-order valence-corrected chi connectivity index (χ1v) is 12.1. The highest BCUT2D eigenvalue weighted by molar-refractivity contribution is 7.71. The summed E-state index contributed by atoms with van der Waals surface area (Å²) in [5, 5.41) is 14.1. The molecule has 4 aromatic rings. The van der Waals surface area contributed by atoms with Gasteiger partial charge >= 0.3 is 0 Å². The molecule has 0 saturated carbocycles. The van der Waals surface area contributed by atoms with Gasteiger partial charge in [-0.15, -0.1) is 0 Å². The van der Waals surface area contributed by atoms with Crippen LogP contribution < -0.4 is 10.1 Å². The van der Waals surface area contributed by atoms with Gasteiger partial charge in [0.1, 0.15) is 5.75 Å². The summed E-state index contributed by atoms with van der Waals surface area (Å²) in [4.78, 5) is 13.0. The molecule has 180 valence electrons. The molecule has 3 aromatic carbocycles. The molecule has 7 heteroatoms. The van der Waals surface area contributed by atoms with E-state index >= 15 is 0 Å². The van der Waals surface area contributed by atoms with Gasteiger partial charge in [-0.05, 0) is 67.0 Å². The number of aryl methyl sites for hydroxylation is 1. The third kappa shape index (κ3) is 6.00. The van der Waals surface area contributed by atoms with E-state index < -0.39 is 0 Å². The van der Waals surface area contributed by atoms with Gasteiger partial charge in [0.15, 0.2) is 4.77 Å². The highest BCUT2D eigenvalue weighted by Crippen LogP contribution is 2.27. The van der Waals surface area contributed by atoms with Gasteiger partial charge in [-0.25, -0.2) is 0 Å². The lowest BCUT2D eigenvalue weighted by Gasteiger charge is -2.10. The zero-order valence-electron chi connectivity index (χ0n) is 19.7. The second-order valence-corrected chi connectivity index (χ2v) is 8.57. The predicted octanol–water partition coefficient (Wildman–Crippen LogP) is 5.93. The van der Waals surface area contributed by atoms with Crippen molar-refractivity contribution >= 4 is 23.8 Å². The van der Waals surface area contributed by atoms with Crippen molar-refractivity contribution in [2.24, 2.45) is 0 Å². The largest absolute Gasteiger partial charge is 0.494 e. The van der Waals surface area contributed by atoms with Crippen LogP contribution in [0.15, 0.2) is 84.9 Å². The number of ether oxygens (including phenoxy) is 1. The molecule has 35 heavy (non-hydrogen) atoms. The van der Waals surface area contributed by atoms with Crippen LogP contribution in [-0.4, -0.2) is 26.8 Å². The van der Waals surface area contributed by atoms with Gasteiger partial charge in [-0.2, -0.15) is 0 Å². The minimum absolute atomic E-state index is 0.0157. The van der Waals surface area contributed by atoms with Crippen LogP contribution in [0.25, 0.3) is 5.69 Å². The molecule has 0 fully saturated rings. The van der Waals surface area contributed by atoms with Crippen molar-refractivity contribution in [2.45, 2.75) is 32.7 Å². The van der Waals surface area contributed by atoms with Crippen molar-refractivity contribution in [2.75, 3.05) is 11.9 Å². The first-order valence-electron chi connectivity index (χ1n) is 11.7. The zero-order valence-corrected chi connectivity index (χ0v) is 20.5. The van der Waals surface area contributed by atoms with E-state index in [1.54, 1.807) is 16.7 Å². The lowest BCUT2D eigenvalue weighted by Crippen LogP contribution is -2.17. The highest BCUT2D eigenvalue weighted by Gasteiger charge is 2.21.